The van der Waals surface area contributed by atoms with E-state index in [1.54, 1.807) is 60.8 Å². The standard InChI is InChI=1S/C25H26BN5O2/c26-19-12-13-22(28-16-19)30-25(33)20-6-2-3-7-21(20)29-24(32)18-10-8-17(9-11-18)23(27)31-14-4-1-5-15-31/h2-3,6-13,16,27H,1,4-5,14-15,26H2,(H,29,32)(H,28,30,33). The third kappa shape index (κ3) is 5.47. The summed E-state index contributed by atoms with van der Waals surface area (Å²) in [6.07, 6.45) is 5.10. The average molecular weight is 439 g/mol. The Labute approximate surface area is 194 Å². The van der Waals surface area contributed by atoms with E-state index in [4.69, 9.17) is 5.41 Å². The Hall–Kier alpha value is -3.94. The highest BCUT2D eigenvalue weighted by atomic mass is 16.2. The number of carbonyl (C=O) groups excluding carboxylic acids is 2. The summed E-state index contributed by atoms with van der Waals surface area (Å²) in [6, 6.07) is 17.5. The molecule has 8 heteroatoms. The first-order chi connectivity index (χ1) is 16.0. The molecule has 1 aliphatic heterocycles. The molecule has 2 aromatic carbocycles. The molecule has 0 atom stereocenters. The number of amides is 2. The van der Waals surface area contributed by atoms with Crippen LogP contribution in [0, 0.1) is 5.41 Å². The molecule has 0 spiro atoms. The van der Waals surface area contributed by atoms with Crippen molar-refractivity contribution in [1.82, 2.24) is 9.88 Å². The van der Waals surface area contributed by atoms with Gasteiger partial charge in [0.15, 0.2) is 0 Å². The molecule has 0 unspecified atom stereocenters. The van der Waals surface area contributed by atoms with Crippen molar-refractivity contribution < 1.29 is 9.59 Å². The lowest BCUT2D eigenvalue weighted by Crippen LogP contribution is -2.35. The lowest BCUT2D eigenvalue weighted by molar-refractivity contribution is 0.102. The maximum atomic E-state index is 12.8. The van der Waals surface area contributed by atoms with Gasteiger partial charge in [0.05, 0.1) is 11.3 Å². The summed E-state index contributed by atoms with van der Waals surface area (Å²) in [4.78, 5) is 31.9. The summed E-state index contributed by atoms with van der Waals surface area (Å²) in [5, 5.41) is 14.0. The van der Waals surface area contributed by atoms with Crippen molar-refractivity contribution in [2.24, 2.45) is 0 Å². The highest BCUT2D eigenvalue weighted by molar-refractivity contribution is 6.32. The Balaban J connectivity index is 1.44. The second kappa shape index (κ2) is 10.1. The van der Waals surface area contributed by atoms with Crippen molar-refractivity contribution in [2.75, 3.05) is 23.7 Å². The Bertz CT molecular complexity index is 1160. The molecule has 1 aromatic heterocycles. The van der Waals surface area contributed by atoms with E-state index in [-0.39, 0.29) is 11.8 Å². The average Bonchev–Trinajstić information content (AvgIpc) is 2.86. The van der Waals surface area contributed by atoms with Crippen LogP contribution in [0.5, 0.6) is 0 Å². The molecule has 2 heterocycles. The van der Waals surface area contributed by atoms with E-state index in [1.807, 2.05) is 13.9 Å². The summed E-state index contributed by atoms with van der Waals surface area (Å²) < 4.78 is 0. The van der Waals surface area contributed by atoms with E-state index in [0.29, 0.717) is 28.5 Å². The minimum Gasteiger partial charge on any atom is -0.357 e. The van der Waals surface area contributed by atoms with Crippen LogP contribution in [0.25, 0.3) is 0 Å². The second-order valence-corrected chi connectivity index (χ2v) is 8.15. The van der Waals surface area contributed by atoms with Crippen molar-refractivity contribution in [1.29, 1.82) is 5.41 Å². The molecule has 2 amide bonds. The molecule has 0 bridgehead atoms. The van der Waals surface area contributed by atoms with Gasteiger partial charge in [0, 0.05) is 30.4 Å². The Morgan fingerprint density at radius 1 is 0.848 bits per heavy atom. The third-order valence-electron chi connectivity index (χ3n) is 5.67. The predicted octanol–water partition coefficient (Wildman–Crippen LogP) is 2.66. The van der Waals surface area contributed by atoms with Gasteiger partial charge in [-0.2, -0.15) is 0 Å². The first-order valence-corrected chi connectivity index (χ1v) is 11.1. The second-order valence-electron chi connectivity index (χ2n) is 8.15. The summed E-state index contributed by atoms with van der Waals surface area (Å²) in [7, 11) is 1.92. The molecule has 1 aliphatic rings. The van der Waals surface area contributed by atoms with Gasteiger partial charge in [-0.3, -0.25) is 15.0 Å². The minimum atomic E-state index is -0.354. The zero-order valence-corrected chi connectivity index (χ0v) is 18.6. The van der Waals surface area contributed by atoms with Crippen LogP contribution in [-0.2, 0) is 0 Å². The normalized spacial score (nSPS) is 13.3. The SMILES string of the molecule is Bc1ccc(NC(=O)c2ccccc2NC(=O)c2ccc(C(=N)N3CCCCC3)cc2)nc1. The summed E-state index contributed by atoms with van der Waals surface area (Å²) in [5.74, 6) is 0.263. The maximum Gasteiger partial charge on any atom is 0.258 e. The fourth-order valence-electron chi connectivity index (χ4n) is 3.79. The van der Waals surface area contributed by atoms with E-state index in [1.165, 1.54) is 6.42 Å². The summed E-state index contributed by atoms with van der Waals surface area (Å²) in [6.45, 7) is 1.80. The van der Waals surface area contributed by atoms with Gasteiger partial charge in [-0.1, -0.05) is 35.8 Å². The van der Waals surface area contributed by atoms with Crippen molar-refractivity contribution in [3.63, 3.8) is 0 Å². The monoisotopic (exact) mass is 439 g/mol. The number of carbonyl (C=O) groups is 2. The molecule has 1 fully saturated rings. The van der Waals surface area contributed by atoms with Gasteiger partial charge in [-0.15, -0.1) is 0 Å². The summed E-state index contributed by atoms with van der Waals surface area (Å²) >= 11 is 0. The lowest BCUT2D eigenvalue weighted by Gasteiger charge is -2.29. The van der Waals surface area contributed by atoms with E-state index in [2.05, 4.69) is 20.5 Å². The zero-order chi connectivity index (χ0) is 23.2. The van der Waals surface area contributed by atoms with Gasteiger partial charge in [0.2, 0.25) is 0 Å². The smallest absolute Gasteiger partial charge is 0.258 e. The number of nitrogens with zero attached hydrogens (tertiary/aromatic N) is 2. The van der Waals surface area contributed by atoms with Crippen LogP contribution in [0.4, 0.5) is 11.5 Å². The number of benzene rings is 2. The van der Waals surface area contributed by atoms with E-state index in [0.717, 1.165) is 37.0 Å². The number of likely N-dealkylation sites (tertiary alicyclic amines) is 1. The number of hydrogen-bond acceptors (Lipinski definition) is 4. The Kier molecular flexibility index (Phi) is 6.83. The number of para-hydroxylation sites is 1. The number of nitrogens with one attached hydrogen (secondary N) is 3. The van der Waals surface area contributed by atoms with Crippen LogP contribution < -0.4 is 16.1 Å². The topological polar surface area (TPSA) is 98.2 Å². The molecule has 166 valence electrons. The number of anilines is 2. The number of amidine groups is 1. The van der Waals surface area contributed by atoms with Crippen LogP contribution in [-0.4, -0.2) is 48.5 Å². The maximum absolute atomic E-state index is 12.8. The largest absolute Gasteiger partial charge is 0.357 e. The van der Waals surface area contributed by atoms with Crippen molar-refractivity contribution in [3.05, 3.63) is 83.6 Å². The molecule has 7 nitrogen and oxygen atoms in total. The summed E-state index contributed by atoms with van der Waals surface area (Å²) in [5.41, 5.74) is 3.01. The molecule has 0 saturated carbocycles. The molecule has 1 saturated heterocycles. The van der Waals surface area contributed by atoms with Crippen molar-refractivity contribution in [2.45, 2.75) is 19.3 Å². The first-order valence-electron chi connectivity index (χ1n) is 11.1. The predicted molar refractivity (Wildman–Crippen MR) is 133 cm³/mol. The van der Waals surface area contributed by atoms with Gasteiger partial charge in [0.25, 0.3) is 11.8 Å². The van der Waals surface area contributed by atoms with Gasteiger partial charge >= 0.3 is 0 Å². The quantitative estimate of drug-likeness (QED) is 0.324. The molecule has 33 heavy (non-hydrogen) atoms. The van der Waals surface area contributed by atoms with E-state index < -0.39 is 0 Å². The van der Waals surface area contributed by atoms with Gasteiger partial charge in [-0.25, -0.2) is 4.98 Å². The number of hydrogen-bond donors (Lipinski definition) is 3. The lowest BCUT2D eigenvalue weighted by atomic mass is 9.99. The van der Waals surface area contributed by atoms with Crippen LogP contribution in [0.15, 0.2) is 66.9 Å². The third-order valence-corrected chi connectivity index (χ3v) is 5.67. The molecule has 3 aromatic rings. The fraction of sp³-hybridized carbons (Fsp3) is 0.200. The Morgan fingerprint density at radius 3 is 2.24 bits per heavy atom. The highest BCUT2D eigenvalue weighted by Crippen LogP contribution is 2.19. The van der Waals surface area contributed by atoms with Gasteiger partial charge < -0.3 is 15.5 Å². The fourth-order valence-corrected chi connectivity index (χ4v) is 3.79. The number of aromatic nitrogens is 1. The van der Waals surface area contributed by atoms with E-state index >= 15 is 0 Å². The van der Waals surface area contributed by atoms with Crippen LogP contribution in [0.1, 0.15) is 45.5 Å². The number of rotatable bonds is 5. The molecule has 4 rings (SSSR count). The van der Waals surface area contributed by atoms with Gasteiger partial charge in [-0.05, 0) is 49.6 Å². The molecule has 0 radical (unpaired) electrons. The van der Waals surface area contributed by atoms with E-state index in [9.17, 15) is 9.59 Å². The zero-order valence-electron chi connectivity index (χ0n) is 18.6. The van der Waals surface area contributed by atoms with Crippen LogP contribution >= 0.6 is 0 Å². The van der Waals surface area contributed by atoms with Crippen LogP contribution in [0.3, 0.4) is 0 Å². The molecule has 3 N–H and O–H groups in total. The molecular weight excluding hydrogens is 413 g/mol. The number of pyridine rings is 1. The number of piperidine rings is 1. The molecule has 0 aliphatic carbocycles. The highest BCUT2D eigenvalue weighted by Gasteiger charge is 2.17. The van der Waals surface area contributed by atoms with Crippen molar-refractivity contribution in [3.8, 4) is 0 Å². The molecular formula is C25H26BN5O2. The first kappa shape index (κ1) is 22.3. The Morgan fingerprint density at radius 2 is 1.55 bits per heavy atom. The van der Waals surface area contributed by atoms with Crippen molar-refractivity contribution >= 4 is 42.5 Å². The van der Waals surface area contributed by atoms with Gasteiger partial charge in [0.1, 0.15) is 19.5 Å². The van der Waals surface area contributed by atoms with Crippen LogP contribution in [0.2, 0.25) is 0 Å². The minimum absolute atomic E-state index is 0.320.